The van der Waals surface area contributed by atoms with Crippen molar-refractivity contribution < 1.29 is 24.6 Å². The highest BCUT2D eigenvalue weighted by Crippen LogP contribution is 2.11. The summed E-state index contributed by atoms with van der Waals surface area (Å²) in [4.78, 5) is 35.6. The zero-order chi connectivity index (χ0) is 20.4. The van der Waals surface area contributed by atoms with E-state index >= 15 is 0 Å². The first kappa shape index (κ1) is 22.4. The minimum absolute atomic E-state index is 0.112. The summed E-state index contributed by atoms with van der Waals surface area (Å²) >= 11 is 0. The summed E-state index contributed by atoms with van der Waals surface area (Å²) in [5.41, 5.74) is 12.1. The van der Waals surface area contributed by atoms with Crippen LogP contribution in [0.25, 0.3) is 0 Å². The first-order chi connectivity index (χ1) is 12.7. The number of carboxylic acids is 1. The fraction of sp³-hybridized carbons (Fsp3) is 0.500. The lowest BCUT2D eigenvalue weighted by atomic mass is 10.0. The number of hydrogen-bond donors (Lipinski definition) is 6. The van der Waals surface area contributed by atoms with E-state index in [2.05, 4.69) is 10.6 Å². The molecule has 0 radical (unpaired) electrons. The summed E-state index contributed by atoms with van der Waals surface area (Å²) in [5.74, 6) is -2.15. The van der Waals surface area contributed by atoms with Crippen molar-refractivity contribution in [1.29, 1.82) is 0 Å². The van der Waals surface area contributed by atoms with E-state index in [0.29, 0.717) is 25.8 Å². The Labute approximate surface area is 158 Å². The lowest BCUT2D eigenvalue weighted by Crippen LogP contribution is -2.54. The van der Waals surface area contributed by atoms with Gasteiger partial charge in [0.25, 0.3) is 0 Å². The second kappa shape index (κ2) is 11.1. The van der Waals surface area contributed by atoms with E-state index < -0.39 is 35.9 Å². The van der Waals surface area contributed by atoms with Gasteiger partial charge >= 0.3 is 5.97 Å². The second-order valence-electron chi connectivity index (χ2n) is 6.39. The molecule has 9 heteroatoms. The third-order valence-electron chi connectivity index (χ3n) is 4.04. The van der Waals surface area contributed by atoms with Gasteiger partial charge in [-0.2, -0.15) is 0 Å². The molecule has 1 aromatic rings. The highest BCUT2D eigenvalue weighted by atomic mass is 16.4. The van der Waals surface area contributed by atoms with E-state index in [9.17, 15) is 19.5 Å². The van der Waals surface area contributed by atoms with Gasteiger partial charge < -0.3 is 32.3 Å². The topological polar surface area (TPSA) is 168 Å². The molecule has 9 nitrogen and oxygen atoms in total. The number of carbonyl (C=O) groups excluding carboxylic acids is 2. The van der Waals surface area contributed by atoms with Gasteiger partial charge in [0.05, 0.1) is 6.04 Å². The summed E-state index contributed by atoms with van der Waals surface area (Å²) in [7, 11) is 0. The molecule has 0 aliphatic rings. The van der Waals surface area contributed by atoms with Gasteiger partial charge in [-0.05, 0) is 56.8 Å². The average Bonchev–Trinajstić information content (AvgIpc) is 2.62. The molecule has 0 bridgehead atoms. The molecular weight excluding hydrogens is 352 g/mol. The Bertz CT molecular complexity index is 635. The summed E-state index contributed by atoms with van der Waals surface area (Å²) in [6.07, 6.45) is 1.83. The van der Waals surface area contributed by atoms with Crippen LogP contribution in [0, 0.1) is 0 Å². The number of phenols is 1. The number of nitrogens with one attached hydrogen (secondary N) is 2. The van der Waals surface area contributed by atoms with Crippen LogP contribution >= 0.6 is 0 Å². The molecule has 0 heterocycles. The standard InChI is InChI=1S/C18H28N4O5/c1-11(18(26)27)21-17(25)15(4-2-3-9-19)22-16(24)14(20)10-12-5-7-13(23)8-6-12/h5-8,11,14-15,23H,2-4,9-10,19-20H2,1H3,(H,21,25)(H,22,24)(H,26,27)/t11-,14+,15+/m0/s1. The van der Waals surface area contributed by atoms with Gasteiger partial charge in [0, 0.05) is 0 Å². The number of carboxylic acid groups (broad SMARTS) is 1. The first-order valence-corrected chi connectivity index (χ1v) is 8.81. The van der Waals surface area contributed by atoms with Crippen LogP contribution in [-0.2, 0) is 20.8 Å². The number of phenolic OH excluding ortho intramolecular Hbond substituents is 1. The van der Waals surface area contributed by atoms with Crippen molar-refractivity contribution in [3.8, 4) is 5.75 Å². The third kappa shape index (κ3) is 8.06. The molecule has 0 aliphatic carbocycles. The van der Waals surface area contributed by atoms with Crippen LogP contribution in [0.2, 0.25) is 0 Å². The Kier molecular flexibility index (Phi) is 9.24. The molecule has 0 aromatic heterocycles. The van der Waals surface area contributed by atoms with E-state index in [1.165, 1.54) is 19.1 Å². The van der Waals surface area contributed by atoms with E-state index in [-0.39, 0.29) is 12.2 Å². The zero-order valence-electron chi connectivity index (χ0n) is 15.4. The molecule has 0 fully saturated rings. The maximum absolute atomic E-state index is 12.4. The third-order valence-corrected chi connectivity index (χ3v) is 4.04. The number of aliphatic carboxylic acids is 1. The number of unbranched alkanes of at least 4 members (excludes halogenated alkanes) is 1. The van der Waals surface area contributed by atoms with Crippen LogP contribution < -0.4 is 22.1 Å². The molecule has 0 unspecified atom stereocenters. The molecule has 1 aromatic carbocycles. The van der Waals surface area contributed by atoms with Gasteiger partial charge in [-0.15, -0.1) is 0 Å². The molecule has 2 amide bonds. The Balaban J connectivity index is 2.70. The summed E-state index contributed by atoms with van der Waals surface area (Å²) < 4.78 is 0. The van der Waals surface area contributed by atoms with Crippen LogP contribution in [0.1, 0.15) is 31.7 Å². The summed E-state index contributed by atoms with van der Waals surface area (Å²) in [6.45, 7) is 1.80. The molecular formula is C18H28N4O5. The molecule has 0 spiro atoms. The van der Waals surface area contributed by atoms with Crippen molar-refractivity contribution in [3.05, 3.63) is 29.8 Å². The Hall–Kier alpha value is -2.65. The van der Waals surface area contributed by atoms with Crippen LogP contribution in [0.3, 0.4) is 0 Å². The zero-order valence-corrected chi connectivity index (χ0v) is 15.4. The fourth-order valence-electron chi connectivity index (χ4n) is 2.39. The normalized spacial score (nSPS) is 14.0. The van der Waals surface area contributed by atoms with Crippen LogP contribution in [0.5, 0.6) is 5.75 Å². The van der Waals surface area contributed by atoms with Crippen LogP contribution in [-0.4, -0.2) is 52.7 Å². The van der Waals surface area contributed by atoms with Crippen molar-refractivity contribution in [1.82, 2.24) is 10.6 Å². The van der Waals surface area contributed by atoms with Gasteiger partial charge in [0.2, 0.25) is 11.8 Å². The predicted octanol–water partition coefficient (Wildman–Crippen LogP) is -0.535. The number of aromatic hydroxyl groups is 1. The number of hydrogen-bond acceptors (Lipinski definition) is 6. The molecule has 1 rings (SSSR count). The highest BCUT2D eigenvalue weighted by molar-refractivity contribution is 5.91. The Morgan fingerprint density at radius 1 is 1.07 bits per heavy atom. The minimum atomic E-state index is -1.17. The van der Waals surface area contributed by atoms with Gasteiger partial charge in [-0.25, -0.2) is 0 Å². The maximum atomic E-state index is 12.4. The van der Waals surface area contributed by atoms with Crippen molar-refractivity contribution in [2.45, 2.75) is 50.7 Å². The second-order valence-corrected chi connectivity index (χ2v) is 6.39. The molecule has 27 heavy (non-hydrogen) atoms. The van der Waals surface area contributed by atoms with Crippen molar-refractivity contribution >= 4 is 17.8 Å². The largest absolute Gasteiger partial charge is 0.508 e. The number of rotatable bonds is 11. The van der Waals surface area contributed by atoms with Crippen molar-refractivity contribution in [3.63, 3.8) is 0 Å². The Morgan fingerprint density at radius 3 is 2.26 bits per heavy atom. The van der Waals surface area contributed by atoms with Gasteiger partial charge in [-0.3, -0.25) is 14.4 Å². The first-order valence-electron chi connectivity index (χ1n) is 8.81. The molecule has 3 atom stereocenters. The number of carbonyl (C=O) groups is 3. The van der Waals surface area contributed by atoms with Crippen molar-refractivity contribution in [2.75, 3.05) is 6.54 Å². The molecule has 150 valence electrons. The van der Waals surface area contributed by atoms with E-state index in [4.69, 9.17) is 16.6 Å². The lowest BCUT2D eigenvalue weighted by Gasteiger charge is -2.22. The average molecular weight is 380 g/mol. The minimum Gasteiger partial charge on any atom is -0.508 e. The summed E-state index contributed by atoms with van der Waals surface area (Å²) in [5, 5.41) is 23.2. The smallest absolute Gasteiger partial charge is 0.325 e. The molecule has 0 saturated heterocycles. The van der Waals surface area contributed by atoms with Crippen LogP contribution in [0.4, 0.5) is 0 Å². The monoisotopic (exact) mass is 380 g/mol. The predicted molar refractivity (Wildman–Crippen MR) is 99.9 cm³/mol. The van der Waals surface area contributed by atoms with E-state index in [1.54, 1.807) is 12.1 Å². The van der Waals surface area contributed by atoms with Crippen LogP contribution in [0.15, 0.2) is 24.3 Å². The lowest BCUT2D eigenvalue weighted by molar-refractivity contribution is -0.141. The summed E-state index contributed by atoms with van der Waals surface area (Å²) in [6, 6.07) is 3.45. The van der Waals surface area contributed by atoms with E-state index in [1.807, 2.05) is 0 Å². The maximum Gasteiger partial charge on any atom is 0.325 e. The molecule has 0 saturated carbocycles. The number of nitrogens with two attached hydrogens (primary N) is 2. The van der Waals surface area contributed by atoms with E-state index in [0.717, 1.165) is 5.56 Å². The quantitative estimate of drug-likeness (QED) is 0.280. The molecule has 0 aliphatic heterocycles. The number of amides is 2. The highest BCUT2D eigenvalue weighted by Gasteiger charge is 2.26. The van der Waals surface area contributed by atoms with Crippen molar-refractivity contribution in [2.24, 2.45) is 11.5 Å². The SMILES string of the molecule is C[C@H](NC(=O)[C@@H](CCCCN)NC(=O)[C@H](N)Cc1ccc(O)cc1)C(=O)O. The van der Waals surface area contributed by atoms with Gasteiger partial charge in [0.1, 0.15) is 17.8 Å². The number of benzene rings is 1. The fourth-order valence-corrected chi connectivity index (χ4v) is 2.39. The van der Waals surface area contributed by atoms with Gasteiger partial charge in [0.15, 0.2) is 0 Å². The molecule has 8 N–H and O–H groups in total. The van der Waals surface area contributed by atoms with Gasteiger partial charge in [-0.1, -0.05) is 12.1 Å². The Morgan fingerprint density at radius 2 is 1.70 bits per heavy atom.